The lowest BCUT2D eigenvalue weighted by molar-refractivity contribution is -0.164. The number of nitrogens with two attached hydrogens (primary N) is 1. The third kappa shape index (κ3) is 6.98. The van der Waals surface area contributed by atoms with E-state index in [1.807, 2.05) is 26.1 Å². The van der Waals surface area contributed by atoms with Gasteiger partial charge in [-0.25, -0.2) is 24.1 Å². The molecule has 1 fully saturated rings. The van der Waals surface area contributed by atoms with E-state index in [0.29, 0.717) is 32.6 Å². The van der Waals surface area contributed by atoms with Gasteiger partial charge in [-0.2, -0.15) is 32.1 Å². The monoisotopic (exact) mass is 733 g/mol. The lowest BCUT2D eigenvalue weighted by atomic mass is 9.75. The number of carbonyl (C=O) groups is 2. The summed E-state index contributed by atoms with van der Waals surface area (Å²) in [4.78, 5) is 37.5. The molecule has 6 rings (SSSR count). The molecule has 0 spiro atoms. The van der Waals surface area contributed by atoms with Crippen molar-refractivity contribution in [2.45, 2.75) is 69.9 Å². The first-order valence-corrected chi connectivity index (χ1v) is 16.1. The number of benzene rings is 2. The van der Waals surface area contributed by atoms with Gasteiger partial charge in [0.25, 0.3) is 5.91 Å². The quantitative estimate of drug-likeness (QED) is 0.176. The summed E-state index contributed by atoms with van der Waals surface area (Å²) in [7, 11) is 0. The van der Waals surface area contributed by atoms with Crippen molar-refractivity contribution in [2.75, 3.05) is 6.61 Å². The zero-order valence-corrected chi connectivity index (χ0v) is 28.3. The van der Waals surface area contributed by atoms with Crippen molar-refractivity contribution in [3.63, 3.8) is 0 Å². The number of guanidine groups is 1. The number of carbonyl (C=O) groups excluding carboxylic acids is 2. The molecule has 2 aromatic heterocycles. The van der Waals surface area contributed by atoms with Crippen molar-refractivity contribution >= 4 is 29.6 Å². The number of amides is 2. The molecule has 4 aromatic rings. The maximum Gasteiger partial charge on any atom is 0.411 e. The van der Waals surface area contributed by atoms with Crippen LogP contribution in [0.2, 0.25) is 5.02 Å². The van der Waals surface area contributed by atoms with Crippen molar-refractivity contribution in [3.05, 3.63) is 83.7 Å². The molecule has 0 bridgehead atoms. The van der Waals surface area contributed by atoms with E-state index >= 15 is 0 Å². The van der Waals surface area contributed by atoms with E-state index in [9.17, 15) is 31.5 Å². The third-order valence-electron chi connectivity index (χ3n) is 8.75. The van der Waals surface area contributed by atoms with E-state index < -0.39 is 53.9 Å². The van der Waals surface area contributed by atoms with Gasteiger partial charge >= 0.3 is 18.8 Å². The van der Waals surface area contributed by atoms with Crippen molar-refractivity contribution in [1.29, 1.82) is 0 Å². The van der Waals surface area contributed by atoms with E-state index in [0.717, 1.165) is 4.90 Å². The molecular formula is C33H33ClF5N9O3. The number of alkyl carbamates (subject to hydrolysis) is 1. The van der Waals surface area contributed by atoms with E-state index in [-0.39, 0.29) is 30.2 Å². The van der Waals surface area contributed by atoms with Gasteiger partial charge in [0.1, 0.15) is 24.8 Å². The number of hydrogen-bond donors (Lipinski definition) is 2. The highest BCUT2D eigenvalue weighted by atomic mass is 35.5. The van der Waals surface area contributed by atoms with Gasteiger partial charge in [0.05, 0.1) is 22.9 Å². The first kappa shape index (κ1) is 35.8. The van der Waals surface area contributed by atoms with Gasteiger partial charge in [-0.05, 0) is 53.5 Å². The molecule has 0 unspecified atom stereocenters. The summed E-state index contributed by atoms with van der Waals surface area (Å²) in [5.41, 5.74) is 4.19. The Bertz CT molecular complexity index is 1950. The molecule has 3 heterocycles. The summed E-state index contributed by atoms with van der Waals surface area (Å²) in [6.07, 6.45) is -1.26. The summed E-state index contributed by atoms with van der Waals surface area (Å²) < 4.78 is 74.4. The summed E-state index contributed by atoms with van der Waals surface area (Å²) in [6, 6.07) is 10.1. The van der Waals surface area contributed by atoms with Gasteiger partial charge in [0.2, 0.25) is 0 Å². The second-order valence-electron chi connectivity index (χ2n) is 13.7. The second-order valence-corrected chi connectivity index (χ2v) is 14.1. The number of hydrogen-bond acceptors (Lipinski definition) is 8. The Balaban J connectivity index is 1.38. The predicted octanol–water partition coefficient (Wildman–Crippen LogP) is 6.53. The number of nitrogens with one attached hydrogen (secondary N) is 1. The van der Waals surface area contributed by atoms with Gasteiger partial charge in [0.15, 0.2) is 11.5 Å². The zero-order chi connectivity index (χ0) is 36.9. The molecule has 1 aliphatic heterocycles. The summed E-state index contributed by atoms with van der Waals surface area (Å²) in [5.74, 6) is -0.819. The summed E-state index contributed by atoms with van der Waals surface area (Å²) in [6.45, 7) is 2.30. The van der Waals surface area contributed by atoms with E-state index in [2.05, 4.69) is 15.2 Å². The highest BCUT2D eigenvalue weighted by molar-refractivity contribution is 6.32. The van der Waals surface area contributed by atoms with Crippen molar-refractivity contribution in [1.82, 2.24) is 34.8 Å². The number of rotatable bonds is 10. The van der Waals surface area contributed by atoms with Crippen molar-refractivity contribution < 1.29 is 36.3 Å². The van der Waals surface area contributed by atoms with Crippen LogP contribution in [0.5, 0.6) is 0 Å². The molecule has 270 valence electrons. The van der Waals surface area contributed by atoms with Crippen LogP contribution in [-0.4, -0.2) is 65.7 Å². The average Bonchev–Trinajstić information content (AvgIpc) is 3.38. The standard InChI is InChI=1S/C33H33ClF5N9O3/c1-30(2,3)16-32(22-7-4-19(5-8-22)21-13-42-46(14-21)27(35)36)26(49)48(28(40)44-32)25(15-51-29(50)45-31(10-11-31)33(37,38)39)20-6-9-23(34)24(12-20)47-18-41-17-43-47/h4-9,12-14,17-18,25,27H,10-11,15-16H2,1-3H3,(H2,40,44)(H,45,50)/t25-,32-/m1/s1. The molecule has 2 atom stereocenters. The Morgan fingerprint density at radius 3 is 2.35 bits per heavy atom. The Labute approximate surface area is 293 Å². The van der Waals surface area contributed by atoms with Crippen molar-refractivity contribution in [2.24, 2.45) is 16.1 Å². The Morgan fingerprint density at radius 1 is 1.08 bits per heavy atom. The molecule has 51 heavy (non-hydrogen) atoms. The van der Waals surface area contributed by atoms with Crippen LogP contribution in [-0.2, 0) is 15.1 Å². The van der Waals surface area contributed by atoms with Crippen LogP contribution in [0.25, 0.3) is 16.8 Å². The van der Waals surface area contributed by atoms with Gasteiger partial charge in [-0.3, -0.25) is 9.69 Å². The minimum Gasteiger partial charge on any atom is -0.447 e. The lowest BCUT2D eigenvalue weighted by Gasteiger charge is -2.35. The van der Waals surface area contributed by atoms with Crippen LogP contribution in [0.4, 0.5) is 26.7 Å². The van der Waals surface area contributed by atoms with Crippen LogP contribution in [0, 0.1) is 5.41 Å². The minimum absolute atomic E-state index is 0.158. The molecule has 0 radical (unpaired) electrons. The average molecular weight is 734 g/mol. The lowest BCUT2D eigenvalue weighted by Crippen LogP contribution is -2.50. The smallest absolute Gasteiger partial charge is 0.411 e. The van der Waals surface area contributed by atoms with Gasteiger partial charge < -0.3 is 15.8 Å². The minimum atomic E-state index is -4.68. The maximum absolute atomic E-state index is 14.8. The van der Waals surface area contributed by atoms with Gasteiger partial charge in [0, 0.05) is 11.8 Å². The largest absolute Gasteiger partial charge is 0.447 e. The van der Waals surface area contributed by atoms with Crippen LogP contribution < -0.4 is 11.1 Å². The van der Waals surface area contributed by atoms with Crippen molar-refractivity contribution in [3.8, 4) is 16.8 Å². The van der Waals surface area contributed by atoms with Crippen LogP contribution in [0.15, 0.2) is 72.5 Å². The fourth-order valence-electron chi connectivity index (χ4n) is 6.16. The molecule has 18 heteroatoms. The number of alkyl halides is 5. The molecule has 3 N–H and O–H groups in total. The van der Waals surface area contributed by atoms with Gasteiger partial charge in [-0.1, -0.05) is 62.7 Å². The summed E-state index contributed by atoms with van der Waals surface area (Å²) in [5, 5.41) is 9.98. The third-order valence-corrected chi connectivity index (χ3v) is 9.07. The first-order chi connectivity index (χ1) is 23.9. The number of nitrogens with zero attached hydrogens (tertiary/aromatic N) is 7. The number of ether oxygens (including phenoxy) is 1. The molecule has 2 aromatic carbocycles. The fourth-order valence-corrected chi connectivity index (χ4v) is 6.37. The highest BCUT2D eigenvalue weighted by Gasteiger charge is 2.64. The number of aromatic nitrogens is 5. The molecule has 1 aliphatic carbocycles. The second kappa shape index (κ2) is 12.9. The molecule has 12 nitrogen and oxygen atoms in total. The SMILES string of the molecule is CC(C)(C)C[C@]1(c2ccc(-c3cnn(C(F)F)c3)cc2)N=C(N)N([C@H](COC(=O)NC2(C(F)(F)F)CC2)c2ccc(Cl)c(-n3cncn3)c2)C1=O. The Morgan fingerprint density at radius 2 is 1.78 bits per heavy atom. The zero-order valence-electron chi connectivity index (χ0n) is 27.5. The molecule has 2 amide bonds. The van der Waals surface area contributed by atoms with E-state index in [4.69, 9.17) is 27.1 Å². The molecule has 1 saturated carbocycles. The van der Waals surface area contributed by atoms with E-state index in [1.54, 1.807) is 36.4 Å². The summed E-state index contributed by atoms with van der Waals surface area (Å²) >= 11 is 6.47. The first-order valence-electron chi connectivity index (χ1n) is 15.7. The molecular weight excluding hydrogens is 701 g/mol. The van der Waals surface area contributed by atoms with Crippen LogP contribution >= 0.6 is 11.6 Å². The topological polar surface area (TPSA) is 146 Å². The highest BCUT2D eigenvalue weighted by Crippen LogP contribution is 2.49. The van der Waals surface area contributed by atoms with Gasteiger partial charge in [-0.15, -0.1) is 0 Å². The molecule has 2 aliphatic rings. The normalized spacial score (nSPS) is 19.3. The number of aliphatic imine (C=N–C) groups is 1. The Hall–Kier alpha value is -5.06. The van der Waals surface area contributed by atoms with E-state index in [1.165, 1.54) is 35.8 Å². The predicted molar refractivity (Wildman–Crippen MR) is 175 cm³/mol. The maximum atomic E-state index is 14.8. The molecule has 0 saturated heterocycles. The van der Waals surface area contributed by atoms with Crippen LogP contribution in [0.1, 0.15) is 63.8 Å². The Kier molecular flexibility index (Phi) is 9.06. The fraction of sp³-hybridized carbons (Fsp3) is 0.394. The number of halogens is 6. The van der Waals surface area contributed by atoms with Crippen LogP contribution in [0.3, 0.4) is 0 Å².